The van der Waals surface area contributed by atoms with Crippen LogP contribution in [0.15, 0.2) is 0 Å². The fourth-order valence-corrected chi connectivity index (χ4v) is 2.57. The summed E-state index contributed by atoms with van der Waals surface area (Å²) < 4.78 is 0. The van der Waals surface area contributed by atoms with Gasteiger partial charge >= 0.3 is 0 Å². The molecule has 0 bridgehead atoms. The van der Waals surface area contributed by atoms with Crippen molar-refractivity contribution in [1.82, 2.24) is 20.4 Å². The van der Waals surface area contributed by atoms with Crippen molar-refractivity contribution in [1.29, 1.82) is 0 Å². The third kappa shape index (κ3) is 7.25. The molecule has 124 valence electrons. The first kappa shape index (κ1) is 18.4. The normalized spacial score (nSPS) is 18.2. The molecule has 0 aromatic rings. The van der Waals surface area contributed by atoms with Crippen LogP contribution < -0.4 is 10.6 Å². The Morgan fingerprint density at radius 2 is 1.81 bits per heavy atom. The van der Waals surface area contributed by atoms with Crippen LogP contribution in [0.4, 0.5) is 0 Å². The molecule has 1 fully saturated rings. The summed E-state index contributed by atoms with van der Waals surface area (Å²) in [5, 5.41) is 6.43. The maximum absolute atomic E-state index is 11.9. The third-order valence-electron chi connectivity index (χ3n) is 4.21. The minimum absolute atomic E-state index is 0.0348. The van der Waals surface area contributed by atoms with E-state index in [1.165, 1.54) is 0 Å². The first-order chi connectivity index (χ1) is 9.81. The SMILES string of the molecule is CC(C)NCCCC(=O)NCC(C)(C)N1CCN(C)CC1. The van der Waals surface area contributed by atoms with Gasteiger partial charge in [0.15, 0.2) is 0 Å². The minimum atomic E-state index is 0.0348. The number of rotatable bonds is 8. The van der Waals surface area contributed by atoms with E-state index in [0.717, 1.165) is 45.7 Å². The van der Waals surface area contributed by atoms with Gasteiger partial charge in [-0.05, 0) is 33.9 Å². The molecule has 0 unspecified atom stereocenters. The number of nitrogens with zero attached hydrogens (tertiary/aromatic N) is 2. The first-order valence-electron chi connectivity index (χ1n) is 8.25. The predicted molar refractivity (Wildman–Crippen MR) is 88.5 cm³/mol. The Hall–Kier alpha value is -0.650. The van der Waals surface area contributed by atoms with Gasteiger partial charge in [-0.15, -0.1) is 0 Å². The summed E-state index contributed by atoms with van der Waals surface area (Å²) in [6.45, 7) is 14.7. The number of carbonyl (C=O) groups is 1. The molecular formula is C16H34N4O. The van der Waals surface area contributed by atoms with Gasteiger partial charge in [0.1, 0.15) is 0 Å². The molecule has 1 amide bonds. The molecule has 1 saturated heterocycles. The molecule has 5 nitrogen and oxygen atoms in total. The lowest BCUT2D eigenvalue weighted by Gasteiger charge is -2.43. The number of hydrogen-bond donors (Lipinski definition) is 2. The average Bonchev–Trinajstić information content (AvgIpc) is 2.42. The minimum Gasteiger partial charge on any atom is -0.354 e. The van der Waals surface area contributed by atoms with E-state index in [2.05, 4.69) is 55.2 Å². The Labute approximate surface area is 130 Å². The van der Waals surface area contributed by atoms with Crippen molar-refractivity contribution in [2.24, 2.45) is 0 Å². The van der Waals surface area contributed by atoms with Crippen LogP contribution in [0.2, 0.25) is 0 Å². The molecule has 1 aliphatic rings. The largest absolute Gasteiger partial charge is 0.354 e. The molecular weight excluding hydrogens is 264 g/mol. The molecule has 0 radical (unpaired) electrons. The van der Waals surface area contributed by atoms with Gasteiger partial charge < -0.3 is 15.5 Å². The molecule has 0 saturated carbocycles. The number of piperazine rings is 1. The highest BCUT2D eigenvalue weighted by atomic mass is 16.1. The van der Waals surface area contributed by atoms with Gasteiger partial charge in [-0.25, -0.2) is 0 Å². The Morgan fingerprint density at radius 3 is 2.38 bits per heavy atom. The van der Waals surface area contributed by atoms with Crippen molar-refractivity contribution in [3.63, 3.8) is 0 Å². The van der Waals surface area contributed by atoms with Gasteiger partial charge in [-0.3, -0.25) is 9.69 Å². The van der Waals surface area contributed by atoms with Crippen LogP contribution in [-0.2, 0) is 4.79 Å². The van der Waals surface area contributed by atoms with Crippen molar-refractivity contribution in [3.05, 3.63) is 0 Å². The van der Waals surface area contributed by atoms with Gasteiger partial charge in [0.2, 0.25) is 5.91 Å². The second kappa shape index (κ2) is 8.71. The summed E-state index contributed by atoms with van der Waals surface area (Å²) in [5.41, 5.74) is 0.0348. The van der Waals surface area contributed by atoms with Gasteiger partial charge in [0.25, 0.3) is 0 Å². The van der Waals surface area contributed by atoms with Crippen molar-refractivity contribution >= 4 is 5.91 Å². The molecule has 0 spiro atoms. The number of nitrogens with one attached hydrogen (secondary N) is 2. The van der Waals surface area contributed by atoms with Crippen molar-refractivity contribution in [2.45, 2.75) is 52.1 Å². The van der Waals surface area contributed by atoms with Crippen molar-refractivity contribution < 1.29 is 4.79 Å². The summed E-state index contributed by atoms with van der Waals surface area (Å²) in [6, 6.07) is 0.490. The summed E-state index contributed by atoms with van der Waals surface area (Å²) in [6.07, 6.45) is 1.51. The molecule has 0 atom stereocenters. The predicted octanol–water partition coefficient (Wildman–Crippen LogP) is 0.907. The number of amides is 1. The van der Waals surface area contributed by atoms with Gasteiger partial charge in [0, 0.05) is 50.7 Å². The first-order valence-corrected chi connectivity index (χ1v) is 8.25. The quantitative estimate of drug-likeness (QED) is 0.654. The highest BCUT2D eigenvalue weighted by Crippen LogP contribution is 2.15. The lowest BCUT2D eigenvalue weighted by molar-refractivity contribution is -0.121. The van der Waals surface area contributed by atoms with Crippen LogP contribution in [0.1, 0.15) is 40.5 Å². The third-order valence-corrected chi connectivity index (χ3v) is 4.21. The molecule has 0 aromatic carbocycles. The zero-order chi connectivity index (χ0) is 15.9. The average molecular weight is 298 g/mol. The van der Waals surface area contributed by atoms with E-state index in [9.17, 15) is 4.79 Å². The van der Waals surface area contributed by atoms with Crippen LogP contribution in [0.3, 0.4) is 0 Å². The fourth-order valence-electron chi connectivity index (χ4n) is 2.57. The lowest BCUT2D eigenvalue weighted by Crippen LogP contribution is -2.57. The monoisotopic (exact) mass is 298 g/mol. The molecule has 2 N–H and O–H groups in total. The Balaban J connectivity index is 2.21. The summed E-state index contributed by atoms with van der Waals surface area (Å²) in [7, 11) is 2.16. The summed E-state index contributed by atoms with van der Waals surface area (Å²) in [5.74, 6) is 0.169. The Bertz CT molecular complexity index is 309. The van der Waals surface area contributed by atoms with E-state index < -0.39 is 0 Å². The van der Waals surface area contributed by atoms with E-state index in [1.54, 1.807) is 0 Å². The van der Waals surface area contributed by atoms with Gasteiger partial charge in [-0.1, -0.05) is 13.8 Å². The zero-order valence-electron chi connectivity index (χ0n) is 14.5. The molecule has 0 aromatic heterocycles. The standard InChI is InChI=1S/C16H34N4O/c1-14(2)17-8-6-7-15(21)18-13-16(3,4)20-11-9-19(5)10-12-20/h14,17H,6-13H2,1-5H3,(H,18,21). The van der Waals surface area contributed by atoms with Crippen molar-refractivity contribution in [3.8, 4) is 0 Å². The number of hydrogen-bond acceptors (Lipinski definition) is 4. The maximum Gasteiger partial charge on any atom is 0.220 e. The second-order valence-electron chi connectivity index (χ2n) is 7.09. The highest BCUT2D eigenvalue weighted by Gasteiger charge is 2.29. The van der Waals surface area contributed by atoms with Crippen LogP contribution >= 0.6 is 0 Å². The second-order valence-corrected chi connectivity index (χ2v) is 7.09. The summed E-state index contributed by atoms with van der Waals surface area (Å²) >= 11 is 0. The van der Waals surface area contributed by atoms with E-state index in [0.29, 0.717) is 12.5 Å². The molecule has 21 heavy (non-hydrogen) atoms. The number of likely N-dealkylation sites (N-methyl/N-ethyl adjacent to an activating group) is 1. The molecule has 0 aliphatic carbocycles. The Morgan fingerprint density at radius 1 is 1.19 bits per heavy atom. The topological polar surface area (TPSA) is 47.6 Å². The van der Waals surface area contributed by atoms with Crippen LogP contribution in [0.5, 0.6) is 0 Å². The Kier molecular flexibility index (Phi) is 7.63. The van der Waals surface area contributed by atoms with Crippen LogP contribution in [0, 0.1) is 0 Å². The van der Waals surface area contributed by atoms with Gasteiger partial charge in [0.05, 0.1) is 0 Å². The van der Waals surface area contributed by atoms with E-state index in [1.807, 2.05) is 0 Å². The molecule has 1 rings (SSSR count). The molecule has 1 aliphatic heterocycles. The summed E-state index contributed by atoms with van der Waals surface area (Å²) in [4.78, 5) is 16.7. The lowest BCUT2D eigenvalue weighted by atomic mass is 10.0. The van der Waals surface area contributed by atoms with Crippen LogP contribution in [-0.4, -0.2) is 73.6 Å². The number of carbonyl (C=O) groups excluding carboxylic acids is 1. The van der Waals surface area contributed by atoms with Gasteiger partial charge in [-0.2, -0.15) is 0 Å². The van der Waals surface area contributed by atoms with Crippen LogP contribution in [0.25, 0.3) is 0 Å². The fraction of sp³-hybridized carbons (Fsp3) is 0.938. The van der Waals surface area contributed by atoms with E-state index in [4.69, 9.17) is 0 Å². The van der Waals surface area contributed by atoms with Crippen molar-refractivity contribution in [2.75, 3.05) is 46.3 Å². The van der Waals surface area contributed by atoms with E-state index in [-0.39, 0.29) is 11.4 Å². The smallest absolute Gasteiger partial charge is 0.220 e. The maximum atomic E-state index is 11.9. The highest BCUT2D eigenvalue weighted by molar-refractivity contribution is 5.75. The zero-order valence-corrected chi connectivity index (χ0v) is 14.5. The molecule has 1 heterocycles. The molecule has 5 heteroatoms. The van der Waals surface area contributed by atoms with E-state index >= 15 is 0 Å².